The molecule has 0 fully saturated rings. The van der Waals surface area contributed by atoms with E-state index in [1.165, 1.54) is 0 Å². The summed E-state index contributed by atoms with van der Waals surface area (Å²) in [5.74, 6) is 0. The van der Waals surface area contributed by atoms with Gasteiger partial charge >= 0.3 is 68.3 Å². The van der Waals surface area contributed by atoms with E-state index < -0.39 is 0 Å². The molecule has 0 aliphatic rings. The number of rotatable bonds is 0. The van der Waals surface area contributed by atoms with E-state index in [0.29, 0.717) is 0 Å². The molecule has 5 heteroatoms. The van der Waals surface area contributed by atoms with Crippen molar-refractivity contribution in [2.24, 2.45) is 0 Å². The zero-order valence-electron chi connectivity index (χ0n) is 2.00. The van der Waals surface area contributed by atoms with Crippen molar-refractivity contribution < 1.29 is 56.4 Å². The van der Waals surface area contributed by atoms with Crippen molar-refractivity contribution in [2.75, 3.05) is 0 Å². The SMILES string of the molecule is [Al+3].[Co+2].[Cu+2].[Mn+2].[O-2]. The molecule has 0 heterocycles. The van der Waals surface area contributed by atoms with E-state index in [1.807, 2.05) is 0 Å². The van der Waals surface area contributed by atoms with Gasteiger partial charge < -0.3 is 5.48 Å². The summed E-state index contributed by atoms with van der Waals surface area (Å²) in [4.78, 5) is 0. The topological polar surface area (TPSA) is 28.5 Å². The van der Waals surface area contributed by atoms with Crippen LogP contribution in [0.5, 0.6) is 0 Å². The van der Waals surface area contributed by atoms with Crippen LogP contribution in [0.2, 0.25) is 0 Å². The Labute approximate surface area is 73.2 Å². The summed E-state index contributed by atoms with van der Waals surface area (Å²) in [6.45, 7) is 0. The van der Waals surface area contributed by atoms with Crippen molar-refractivity contribution in [3.05, 3.63) is 0 Å². The Balaban J connectivity index is 0. The van der Waals surface area contributed by atoms with Crippen LogP contribution in [-0.2, 0) is 56.4 Å². The average Bonchev–Trinajstić information content (AvgIpc) is 0. The zero-order valence-corrected chi connectivity index (χ0v) is 6.32. The second-order valence-electron chi connectivity index (χ2n) is 0. The molecule has 0 N–H and O–H groups in total. The first-order valence-electron chi connectivity index (χ1n) is 0. The monoisotopic (exact) mass is 220 g/mol. The Hall–Kier alpha value is 2.04. The van der Waals surface area contributed by atoms with Crippen molar-refractivity contribution >= 4 is 17.4 Å². The van der Waals surface area contributed by atoms with Crippen LogP contribution >= 0.6 is 0 Å². The van der Waals surface area contributed by atoms with Crippen LogP contribution in [-0.4, -0.2) is 17.4 Å². The zero-order chi connectivity index (χ0) is 0. The minimum Gasteiger partial charge on any atom is -2.00 e. The number of hydrogen-bond donors (Lipinski definition) is 0. The van der Waals surface area contributed by atoms with Gasteiger partial charge in [0.2, 0.25) is 0 Å². The van der Waals surface area contributed by atoms with Gasteiger partial charge in [-0.15, -0.1) is 0 Å². The first kappa shape index (κ1) is 61.8. The Morgan fingerprint density at radius 2 is 1.00 bits per heavy atom. The molecule has 3 radical (unpaired) electrons. The summed E-state index contributed by atoms with van der Waals surface area (Å²) in [7, 11) is 0. The maximum atomic E-state index is 0. The predicted molar refractivity (Wildman–Crippen MR) is 6.44 cm³/mol. The molecule has 5 heavy (non-hydrogen) atoms. The smallest absolute Gasteiger partial charge is 2.00 e. The fourth-order valence-corrected chi connectivity index (χ4v) is 0. The van der Waals surface area contributed by atoms with Crippen molar-refractivity contribution in [3.63, 3.8) is 0 Å². The summed E-state index contributed by atoms with van der Waals surface area (Å²) in [5.41, 5.74) is 0. The molecule has 0 aliphatic heterocycles. The Bertz CT molecular complexity index is 11.6. The van der Waals surface area contributed by atoms with Crippen molar-refractivity contribution in [3.8, 4) is 0 Å². The van der Waals surface area contributed by atoms with Gasteiger partial charge in [-0.1, -0.05) is 0 Å². The standard InChI is InChI=1S/Al.Co.Cu.Mn.O/q+3;3*+2;-2. The van der Waals surface area contributed by atoms with Crippen LogP contribution in [0.1, 0.15) is 0 Å². The molecule has 29 valence electrons. The molecule has 0 bridgehead atoms. The van der Waals surface area contributed by atoms with E-state index in [9.17, 15) is 0 Å². The van der Waals surface area contributed by atoms with Gasteiger partial charge in [-0.3, -0.25) is 0 Å². The third kappa shape index (κ3) is 23.7. The van der Waals surface area contributed by atoms with E-state index in [0.717, 1.165) is 0 Å². The van der Waals surface area contributed by atoms with Gasteiger partial charge in [0.1, 0.15) is 0 Å². The maximum Gasteiger partial charge on any atom is 3.00 e. The molecule has 0 atom stereocenters. The fraction of sp³-hybridized carbons (Fsp3) is 0. The third-order valence-corrected chi connectivity index (χ3v) is 0. The van der Waals surface area contributed by atoms with Crippen molar-refractivity contribution in [1.29, 1.82) is 0 Å². The molecule has 0 aromatic rings. The van der Waals surface area contributed by atoms with Crippen LogP contribution in [0, 0.1) is 0 Å². The molecule has 1 nitrogen and oxygen atoms in total. The van der Waals surface area contributed by atoms with Gasteiger partial charge in [0.05, 0.1) is 0 Å². The van der Waals surface area contributed by atoms with Crippen LogP contribution < -0.4 is 0 Å². The van der Waals surface area contributed by atoms with Gasteiger partial charge in [0.25, 0.3) is 0 Å². The Kier molecular flexibility index (Phi) is 456. The van der Waals surface area contributed by atoms with Gasteiger partial charge in [-0.2, -0.15) is 0 Å². The average molecular weight is 220 g/mol. The van der Waals surface area contributed by atoms with Crippen LogP contribution in [0.25, 0.3) is 0 Å². The van der Waals surface area contributed by atoms with E-state index in [4.69, 9.17) is 0 Å². The molecule has 0 aromatic carbocycles. The second kappa shape index (κ2) is 36.9. The molecule has 0 aliphatic carbocycles. The summed E-state index contributed by atoms with van der Waals surface area (Å²) < 4.78 is 0. The van der Waals surface area contributed by atoms with Gasteiger partial charge in [0.15, 0.2) is 0 Å². The Morgan fingerprint density at radius 1 is 1.00 bits per heavy atom. The van der Waals surface area contributed by atoms with Crippen LogP contribution in [0.15, 0.2) is 0 Å². The first-order valence-corrected chi connectivity index (χ1v) is 0. The Morgan fingerprint density at radius 3 is 1.00 bits per heavy atom. The van der Waals surface area contributed by atoms with E-state index in [1.54, 1.807) is 0 Å². The third-order valence-electron chi connectivity index (χ3n) is 0. The molecule has 0 unspecified atom stereocenters. The minimum atomic E-state index is 0. The molecular formula is AlCoCuMnO+7. The first-order chi connectivity index (χ1) is 0. The molecule has 0 saturated carbocycles. The largest absolute Gasteiger partial charge is 3.00 e. The second-order valence-corrected chi connectivity index (χ2v) is 0. The van der Waals surface area contributed by atoms with E-state index in [-0.39, 0.29) is 73.8 Å². The maximum absolute atomic E-state index is 0. The normalized spacial score (nSPS) is 0. The van der Waals surface area contributed by atoms with Crippen LogP contribution in [0.4, 0.5) is 0 Å². The predicted octanol–water partition coefficient (Wildman–Crippen LogP) is -0.507. The summed E-state index contributed by atoms with van der Waals surface area (Å²) >= 11 is 0. The molecular weight excluding hydrogens is 220 g/mol. The summed E-state index contributed by atoms with van der Waals surface area (Å²) in [6, 6.07) is 0. The van der Waals surface area contributed by atoms with Crippen molar-refractivity contribution in [1.82, 2.24) is 0 Å². The van der Waals surface area contributed by atoms with E-state index in [2.05, 4.69) is 0 Å². The van der Waals surface area contributed by atoms with Crippen molar-refractivity contribution in [2.45, 2.75) is 0 Å². The van der Waals surface area contributed by atoms with Gasteiger partial charge in [-0.05, 0) is 0 Å². The molecule has 0 spiro atoms. The molecule has 0 aromatic heterocycles. The molecule has 0 rings (SSSR count). The number of hydrogen-bond acceptors (Lipinski definition) is 0. The van der Waals surface area contributed by atoms with Crippen LogP contribution in [0.3, 0.4) is 0 Å². The molecule has 0 amide bonds. The minimum absolute atomic E-state index is 0. The van der Waals surface area contributed by atoms with Gasteiger partial charge in [-0.25, -0.2) is 0 Å². The summed E-state index contributed by atoms with van der Waals surface area (Å²) in [5, 5.41) is 0. The summed E-state index contributed by atoms with van der Waals surface area (Å²) in [6.07, 6.45) is 0. The van der Waals surface area contributed by atoms with E-state index >= 15 is 0 Å². The fourth-order valence-electron chi connectivity index (χ4n) is 0. The quantitative estimate of drug-likeness (QED) is 0.492. The molecule has 0 saturated heterocycles. The van der Waals surface area contributed by atoms with Gasteiger partial charge in [0, 0.05) is 0 Å².